The maximum atomic E-state index is 13.6. The molecule has 2 unspecified atom stereocenters. The third-order valence-corrected chi connectivity index (χ3v) is 5.08. The van der Waals surface area contributed by atoms with Crippen molar-refractivity contribution in [2.24, 2.45) is 5.41 Å². The molecule has 1 aliphatic carbocycles. The molecule has 1 aliphatic rings. The Morgan fingerprint density at radius 2 is 1.95 bits per heavy atom. The second-order valence-electron chi connectivity index (χ2n) is 6.46. The molecule has 112 valence electrons. The van der Waals surface area contributed by atoms with Gasteiger partial charge in [-0.25, -0.2) is 4.39 Å². The van der Waals surface area contributed by atoms with Crippen LogP contribution in [-0.4, -0.2) is 6.04 Å². The summed E-state index contributed by atoms with van der Waals surface area (Å²) in [5.74, 6) is -0.414. The lowest BCUT2D eigenvalue weighted by Gasteiger charge is -2.41. The van der Waals surface area contributed by atoms with E-state index in [-0.39, 0.29) is 16.5 Å². The van der Waals surface area contributed by atoms with Crippen LogP contribution in [0.1, 0.15) is 58.1 Å². The first-order chi connectivity index (χ1) is 9.31. The van der Waals surface area contributed by atoms with Gasteiger partial charge in [-0.1, -0.05) is 49.9 Å². The van der Waals surface area contributed by atoms with Crippen LogP contribution in [-0.2, 0) is 0 Å². The molecule has 2 rings (SSSR count). The number of rotatable bonds is 3. The Balaban J connectivity index is 2.15. The Bertz CT molecular complexity index is 488. The maximum absolute atomic E-state index is 13.6. The first-order valence-corrected chi connectivity index (χ1v) is 7.97. The van der Waals surface area contributed by atoms with Gasteiger partial charge in [-0.15, -0.1) is 0 Å². The van der Waals surface area contributed by atoms with E-state index < -0.39 is 5.82 Å². The highest BCUT2D eigenvalue weighted by atomic mass is 35.5. The monoisotopic (exact) mass is 317 g/mol. The van der Waals surface area contributed by atoms with E-state index in [9.17, 15) is 4.39 Å². The molecule has 0 bridgehead atoms. The molecule has 0 heterocycles. The Morgan fingerprint density at radius 3 is 2.60 bits per heavy atom. The Kier molecular flexibility index (Phi) is 4.99. The van der Waals surface area contributed by atoms with E-state index in [2.05, 4.69) is 19.2 Å². The molecular formula is C16H22Cl2FN. The second-order valence-corrected chi connectivity index (χ2v) is 7.28. The summed E-state index contributed by atoms with van der Waals surface area (Å²) in [5.41, 5.74) is 1.04. The third kappa shape index (κ3) is 3.47. The summed E-state index contributed by atoms with van der Waals surface area (Å²) in [6, 6.07) is 3.37. The summed E-state index contributed by atoms with van der Waals surface area (Å²) in [6.07, 6.45) is 4.91. The van der Waals surface area contributed by atoms with Gasteiger partial charge in [-0.05, 0) is 42.9 Å². The zero-order chi connectivity index (χ0) is 14.9. The first-order valence-electron chi connectivity index (χ1n) is 7.22. The van der Waals surface area contributed by atoms with Crippen LogP contribution in [0, 0.1) is 11.2 Å². The summed E-state index contributed by atoms with van der Waals surface area (Å²) < 4.78 is 13.6. The van der Waals surface area contributed by atoms with Crippen molar-refractivity contribution in [3.8, 4) is 0 Å². The maximum Gasteiger partial charge on any atom is 0.142 e. The average Bonchev–Trinajstić information content (AvgIpc) is 2.36. The highest BCUT2D eigenvalue weighted by molar-refractivity contribution is 6.35. The lowest BCUT2D eigenvalue weighted by molar-refractivity contribution is 0.157. The fourth-order valence-corrected chi connectivity index (χ4v) is 3.61. The molecule has 0 aromatic heterocycles. The van der Waals surface area contributed by atoms with Crippen molar-refractivity contribution in [3.63, 3.8) is 0 Å². The molecule has 0 aliphatic heterocycles. The highest BCUT2D eigenvalue weighted by Gasteiger charge is 2.33. The van der Waals surface area contributed by atoms with Gasteiger partial charge in [0.05, 0.1) is 5.02 Å². The molecule has 0 spiro atoms. The summed E-state index contributed by atoms with van der Waals surface area (Å²) in [7, 11) is 0. The van der Waals surface area contributed by atoms with Crippen molar-refractivity contribution < 1.29 is 4.39 Å². The molecule has 1 saturated carbocycles. The number of halogens is 3. The quantitative estimate of drug-likeness (QED) is 0.700. The molecule has 1 aromatic rings. The number of benzene rings is 1. The Hall–Kier alpha value is -0.310. The van der Waals surface area contributed by atoms with Gasteiger partial charge in [0.2, 0.25) is 0 Å². The molecule has 0 saturated heterocycles. The zero-order valence-electron chi connectivity index (χ0n) is 12.3. The second kappa shape index (κ2) is 6.21. The minimum Gasteiger partial charge on any atom is -0.307 e. The van der Waals surface area contributed by atoms with E-state index in [4.69, 9.17) is 23.2 Å². The van der Waals surface area contributed by atoms with E-state index in [1.807, 2.05) is 6.92 Å². The van der Waals surface area contributed by atoms with Crippen molar-refractivity contribution >= 4 is 23.2 Å². The molecule has 4 heteroatoms. The summed E-state index contributed by atoms with van der Waals surface area (Å²) in [5, 5.41) is 4.21. The molecule has 1 nitrogen and oxygen atoms in total. The van der Waals surface area contributed by atoms with Crippen LogP contribution in [0.25, 0.3) is 0 Å². The van der Waals surface area contributed by atoms with Crippen molar-refractivity contribution in [1.29, 1.82) is 0 Å². The molecule has 1 N–H and O–H groups in total. The molecule has 20 heavy (non-hydrogen) atoms. The minimum absolute atomic E-state index is 0.0108. The van der Waals surface area contributed by atoms with Crippen LogP contribution in [0.2, 0.25) is 10.0 Å². The minimum atomic E-state index is -0.414. The number of nitrogens with one attached hydrogen (secondary N) is 1. The number of hydrogen-bond acceptors (Lipinski definition) is 1. The molecule has 1 fully saturated rings. The van der Waals surface area contributed by atoms with Crippen LogP contribution < -0.4 is 5.32 Å². The standard InChI is InChI=1S/C16H22Cl2FN/c1-10(11-8-14(19)13(18)9-12(11)17)20-15-6-4-5-7-16(15,2)3/h8-10,15,20H,4-7H2,1-3H3. The smallest absolute Gasteiger partial charge is 0.142 e. The van der Waals surface area contributed by atoms with Gasteiger partial charge in [-0.3, -0.25) is 0 Å². The topological polar surface area (TPSA) is 12.0 Å². The lowest BCUT2D eigenvalue weighted by Crippen LogP contribution is -2.45. The SMILES string of the molecule is CC(NC1CCCCC1(C)C)c1cc(F)c(Cl)cc1Cl. The lowest BCUT2D eigenvalue weighted by atomic mass is 9.73. The fraction of sp³-hybridized carbons (Fsp3) is 0.625. The van der Waals surface area contributed by atoms with Gasteiger partial charge in [0.25, 0.3) is 0 Å². The van der Waals surface area contributed by atoms with Gasteiger partial charge < -0.3 is 5.32 Å². The van der Waals surface area contributed by atoms with Crippen LogP contribution in [0.3, 0.4) is 0 Å². The summed E-state index contributed by atoms with van der Waals surface area (Å²) >= 11 is 11.9. The van der Waals surface area contributed by atoms with E-state index in [0.717, 1.165) is 12.0 Å². The van der Waals surface area contributed by atoms with Crippen LogP contribution in [0.5, 0.6) is 0 Å². The van der Waals surface area contributed by atoms with Crippen LogP contribution in [0.4, 0.5) is 4.39 Å². The van der Waals surface area contributed by atoms with E-state index in [1.165, 1.54) is 31.4 Å². The van der Waals surface area contributed by atoms with Crippen LogP contribution >= 0.6 is 23.2 Å². The largest absolute Gasteiger partial charge is 0.307 e. The van der Waals surface area contributed by atoms with Crippen LogP contribution in [0.15, 0.2) is 12.1 Å². The number of hydrogen-bond donors (Lipinski definition) is 1. The highest BCUT2D eigenvalue weighted by Crippen LogP contribution is 2.37. The molecule has 2 atom stereocenters. The Labute approximate surface area is 130 Å². The molecule has 0 radical (unpaired) electrons. The predicted octanol–water partition coefficient (Wildman–Crippen LogP) is 5.75. The van der Waals surface area contributed by atoms with Gasteiger partial charge in [0.15, 0.2) is 0 Å². The van der Waals surface area contributed by atoms with E-state index in [1.54, 1.807) is 0 Å². The zero-order valence-corrected chi connectivity index (χ0v) is 13.8. The van der Waals surface area contributed by atoms with E-state index >= 15 is 0 Å². The molecular weight excluding hydrogens is 296 g/mol. The van der Waals surface area contributed by atoms with Crippen molar-refractivity contribution in [3.05, 3.63) is 33.6 Å². The van der Waals surface area contributed by atoms with Crippen molar-refractivity contribution in [2.75, 3.05) is 0 Å². The Morgan fingerprint density at radius 1 is 1.25 bits per heavy atom. The van der Waals surface area contributed by atoms with Crippen molar-refractivity contribution in [1.82, 2.24) is 5.32 Å². The van der Waals surface area contributed by atoms with Gasteiger partial charge in [-0.2, -0.15) is 0 Å². The van der Waals surface area contributed by atoms with Gasteiger partial charge in [0.1, 0.15) is 5.82 Å². The summed E-state index contributed by atoms with van der Waals surface area (Å²) in [6.45, 7) is 6.61. The summed E-state index contributed by atoms with van der Waals surface area (Å²) in [4.78, 5) is 0. The van der Waals surface area contributed by atoms with E-state index in [0.29, 0.717) is 11.1 Å². The normalized spacial score (nSPS) is 23.6. The third-order valence-electron chi connectivity index (χ3n) is 4.46. The molecule has 1 aromatic carbocycles. The van der Waals surface area contributed by atoms with Gasteiger partial charge >= 0.3 is 0 Å². The average molecular weight is 318 g/mol. The predicted molar refractivity (Wildman–Crippen MR) is 84.0 cm³/mol. The first kappa shape index (κ1) is 16.1. The molecule has 0 amide bonds. The van der Waals surface area contributed by atoms with Crippen molar-refractivity contribution in [2.45, 2.75) is 58.5 Å². The fourth-order valence-electron chi connectivity index (χ4n) is 3.06. The van der Waals surface area contributed by atoms with Gasteiger partial charge in [0, 0.05) is 17.1 Å².